The first kappa shape index (κ1) is 14.2. The minimum absolute atomic E-state index is 0.419. The lowest BCUT2D eigenvalue weighted by molar-refractivity contribution is 0.173. The maximum atomic E-state index is 9.87. The second kappa shape index (κ2) is 5.97. The van der Waals surface area contributed by atoms with E-state index < -0.39 is 6.10 Å². The van der Waals surface area contributed by atoms with Gasteiger partial charge in [-0.05, 0) is 29.7 Å². The fraction of sp³-hybridized carbons (Fsp3) is 0.158. The van der Waals surface area contributed by atoms with Crippen LogP contribution < -0.4 is 0 Å². The van der Waals surface area contributed by atoms with Crippen molar-refractivity contribution in [3.63, 3.8) is 0 Å². The molecule has 1 aromatic heterocycles. The van der Waals surface area contributed by atoms with Crippen LogP contribution in [0.4, 0.5) is 0 Å². The van der Waals surface area contributed by atoms with Crippen LogP contribution >= 0.6 is 0 Å². The Hall–Kier alpha value is -2.70. The maximum absolute atomic E-state index is 9.87. The Morgan fingerprint density at radius 1 is 1.14 bits per heavy atom. The molecule has 0 saturated heterocycles. The molecule has 108 valence electrons. The third-order valence-electron chi connectivity index (χ3n) is 3.82. The van der Waals surface area contributed by atoms with Gasteiger partial charge in [0.15, 0.2) is 0 Å². The molecule has 0 saturated carbocycles. The number of hydrogen-bond donors (Lipinski definition) is 1. The largest absolute Gasteiger partial charge is 0.388 e. The predicted molar refractivity (Wildman–Crippen MR) is 87.1 cm³/mol. The molecule has 0 aliphatic rings. The molecule has 0 amide bonds. The molecule has 0 spiro atoms. The van der Waals surface area contributed by atoms with Crippen LogP contribution in [0.25, 0.3) is 22.0 Å². The average Bonchev–Trinajstić information content (AvgIpc) is 2.60. The van der Waals surface area contributed by atoms with E-state index in [-0.39, 0.29) is 0 Å². The van der Waals surface area contributed by atoms with E-state index in [0.29, 0.717) is 12.1 Å². The van der Waals surface area contributed by atoms with Crippen molar-refractivity contribution < 1.29 is 5.11 Å². The molecule has 0 aliphatic heterocycles. The molecule has 1 unspecified atom stereocenters. The first-order valence-corrected chi connectivity index (χ1v) is 7.31. The normalized spacial score (nSPS) is 12.0. The summed E-state index contributed by atoms with van der Waals surface area (Å²) < 4.78 is 0. The summed E-state index contributed by atoms with van der Waals surface area (Å²) in [7, 11) is 0. The summed E-state index contributed by atoms with van der Waals surface area (Å²) in [4.78, 5) is 4.43. The zero-order valence-corrected chi connectivity index (χ0v) is 12.3. The highest BCUT2D eigenvalue weighted by Gasteiger charge is 2.10. The molecule has 2 aromatic carbocycles. The van der Waals surface area contributed by atoms with Gasteiger partial charge >= 0.3 is 0 Å². The lowest BCUT2D eigenvalue weighted by Gasteiger charge is -2.10. The van der Waals surface area contributed by atoms with E-state index in [1.165, 1.54) is 0 Å². The average molecular weight is 288 g/mol. The highest BCUT2D eigenvalue weighted by Crippen LogP contribution is 2.28. The van der Waals surface area contributed by atoms with E-state index in [2.05, 4.69) is 11.1 Å². The quantitative estimate of drug-likeness (QED) is 0.785. The van der Waals surface area contributed by atoms with Gasteiger partial charge in [0.2, 0.25) is 0 Å². The van der Waals surface area contributed by atoms with Crippen LogP contribution in [0.1, 0.15) is 30.7 Å². The van der Waals surface area contributed by atoms with Gasteiger partial charge in [0.25, 0.3) is 0 Å². The number of fused-ring (bicyclic) bond motifs is 1. The van der Waals surface area contributed by atoms with Crippen molar-refractivity contribution in [3.8, 4) is 17.2 Å². The Morgan fingerprint density at radius 2 is 1.86 bits per heavy atom. The van der Waals surface area contributed by atoms with E-state index in [1.54, 1.807) is 0 Å². The van der Waals surface area contributed by atoms with E-state index in [9.17, 15) is 10.4 Å². The smallest absolute Gasteiger partial charge is 0.149 e. The summed E-state index contributed by atoms with van der Waals surface area (Å²) in [6.07, 6.45) is 0.236. The number of nitriles is 1. The van der Waals surface area contributed by atoms with Crippen LogP contribution in [0, 0.1) is 11.3 Å². The van der Waals surface area contributed by atoms with Crippen LogP contribution in [0.3, 0.4) is 0 Å². The van der Waals surface area contributed by atoms with Crippen LogP contribution in [0.5, 0.6) is 0 Å². The molecular formula is C19H16N2O. The summed E-state index contributed by atoms with van der Waals surface area (Å²) in [5.41, 5.74) is 3.88. The summed E-state index contributed by atoms with van der Waals surface area (Å²) in [5.74, 6) is 0. The van der Waals surface area contributed by atoms with Gasteiger partial charge in [-0.1, -0.05) is 49.4 Å². The van der Waals surface area contributed by atoms with E-state index in [0.717, 1.165) is 27.6 Å². The standard InChI is InChI=1S/C19H16N2O/c1-2-19(22)14-9-7-13(8-10-14)16-11-15-5-3-4-6-17(15)21-18(16)12-20/h3-11,19,22H,2H2,1H3. The predicted octanol–water partition coefficient (Wildman–Crippen LogP) is 4.22. The van der Waals surface area contributed by atoms with Crippen molar-refractivity contribution in [2.75, 3.05) is 0 Å². The van der Waals surface area contributed by atoms with Gasteiger partial charge in [-0.3, -0.25) is 0 Å². The van der Waals surface area contributed by atoms with Crippen LogP contribution in [-0.4, -0.2) is 10.1 Å². The third-order valence-corrected chi connectivity index (χ3v) is 3.82. The molecule has 22 heavy (non-hydrogen) atoms. The number of nitrogens with zero attached hydrogens (tertiary/aromatic N) is 2. The first-order valence-electron chi connectivity index (χ1n) is 7.31. The molecule has 1 N–H and O–H groups in total. The van der Waals surface area contributed by atoms with Crippen molar-refractivity contribution in [2.45, 2.75) is 19.4 Å². The Morgan fingerprint density at radius 3 is 2.55 bits per heavy atom. The SMILES string of the molecule is CCC(O)c1ccc(-c2cc3ccccc3nc2C#N)cc1. The van der Waals surface area contributed by atoms with Crippen molar-refractivity contribution in [1.82, 2.24) is 4.98 Å². The Bertz CT molecular complexity index is 847. The molecule has 0 fully saturated rings. The number of aromatic nitrogens is 1. The minimum Gasteiger partial charge on any atom is -0.388 e. The van der Waals surface area contributed by atoms with Crippen LogP contribution in [0.2, 0.25) is 0 Å². The Balaban J connectivity index is 2.11. The molecule has 3 rings (SSSR count). The second-order valence-electron chi connectivity index (χ2n) is 5.24. The fourth-order valence-corrected chi connectivity index (χ4v) is 2.54. The summed E-state index contributed by atoms with van der Waals surface area (Å²) in [5, 5.41) is 20.2. The van der Waals surface area contributed by atoms with E-state index >= 15 is 0 Å². The lowest BCUT2D eigenvalue weighted by atomic mass is 9.99. The molecule has 0 aliphatic carbocycles. The third kappa shape index (κ3) is 2.57. The van der Waals surface area contributed by atoms with Gasteiger partial charge in [-0.2, -0.15) is 5.26 Å². The topological polar surface area (TPSA) is 56.9 Å². The summed E-state index contributed by atoms with van der Waals surface area (Å²) >= 11 is 0. The summed E-state index contributed by atoms with van der Waals surface area (Å²) in [6.45, 7) is 1.94. The van der Waals surface area contributed by atoms with Crippen LogP contribution in [-0.2, 0) is 0 Å². The molecule has 0 bridgehead atoms. The number of pyridine rings is 1. The van der Waals surface area contributed by atoms with Gasteiger partial charge in [-0.15, -0.1) is 0 Å². The highest BCUT2D eigenvalue weighted by atomic mass is 16.3. The Labute approximate surface area is 129 Å². The fourth-order valence-electron chi connectivity index (χ4n) is 2.54. The van der Waals surface area contributed by atoms with Gasteiger partial charge in [0, 0.05) is 10.9 Å². The minimum atomic E-state index is -0.445. The van der Waals surface area contributed by atoms with Crippen molar-refractivity contribution in [2.24, 2.45) is 0 Å². The molecule has 3 nitrogen and oxygen atoms in total. The lowest BCUT2D eigenvalue weighted by Crippen LogP contribution is -1.95. The monoisotopic (exact) mass is 288 g/mol. The maximum Gasteiger partial charge on any atom is 0.149 e. The number of aliphatic hydroxyl groups excluding tert-OH is 1. The van der Waals surface area contributed by atoms with Crippen molar-refractivity contribution >= 4 is 10.9 Å². The molecule has 1 atom stereocenters. The molecule has 1 heterocycles. The molecule has 3 aromatic rings. The zero-order chi connectivity index (χ0) is 15.5. The zero-order valence-electron chi connectivity index (χ0n) is 12.3. The van der Waals surface area contributed by atoms with Gasteiger partial charge in [0.1, 0.15) is 11.8 Å². The number of aliphatic hydroxyl groups is 1. The van der Waals surface area contributed by atoms with Gasteiger partial charge in [0.05, 0.1) is 11.6 Å². The first-order chi connectivity index (χ1) is 10.7. The van der Waals surface area contributed by atoms with Gasteiger partial charge in [-0.25, -0.2) is 4.98 Å². The highest BCUT2D eigenvalue weighted by molar-refractivity contribution is 5.86. The van der Waals surface area contributed by atoms with Crippen molar-refractivity contribution in [1.29, 1.82) is 5.26 Å². The van der Waals surface area contributed by atoms with E-state index in [1.807, 2.05) is 61.5 Å². The molecule has 3 heteroatoms. The van der Waals surface area contributed by atoms with Gasteiger partial charge < -0.3 is 5.11 Å². The van der Waals surface area contributed by atoms with E-state index in [4.69, 9.17) is 0 Å². The number of rotatable bonds is 3. The number of hydrogen-bond acceptors (Lipinski definition) is 3. The number of para-hydroxylation sites is 1. The molecular weight excluding hydrogens is 272 g/mol. The number of benzene rings is 2. The van der Waals surface area contributed by atoms with Crippen molar-refractivity contribution in [3.05, 3.63) is 65.9 Å². The second-order valence-corrected chi connectivity index (χ2v) is 5.24. The summed E-state index contributed by atoms with van der Waals surface area (Å²) in [6, 6.07) is 19.6. The molecule has 0 radical (unpaired) electrons. The van der Waals surface area contributed by atoms with Crippen LogP contribution in [0.15, 0.2) is 54.6 Å². The Kier molecular flexibility index (Phi) is 3.86.